The third kappa shape index (κ3) is 4.12. The second-order valence-electron chi connectivity index (χ2n) is 8.57. The highest BCUT2D eigenvalue weighted by molar-refractivity contribution is 6.16. The number of hydrogen-bond acceptors (Lipinski definition) is 5. The van der Waals surface area contributed by atoms with Gasteiger partial charge in [-0.1, -0.05) is 36.8 Å². The van der Waals surface area contributed by atoms with Crippen LogP contribution in [0.1, 0.15) is 58.1 Å². The number of nitrogens with one attached hydrogen (secondary N) is 1. The zero-order valence-corrected chi connectivity index (χ0v) is 19.4. The largest absolute Gasteiger partial charge is 0.480 e. The summed E-state index contributed by atoms with van der Waals surface area (Å²) in [6.45, 7) is 0.494. The Hall–Kier alpha value is -4.20. The number of methoxy groups -OCH3 is 1. The van der Waals surface area contributed by atoms with Crippen molar-refractivity contribution in [2.45, 2.75) is 31.8 Å². The lowest BCUT2D eigenvalue weighted by atomic mass is 10.0. The number of fused-ring (bicyclic) bond motifs is 5. The van der Waals surface area contributed by atoms with Gasteiger partial charge in [-0.05, 0) is 43.2 Å². The van der Waals surface area contributed by atoms with Crippen molar-refractivity contribution >= 4 is 29.1 Å². The summed E-state index contributed by atoms with van der Waals surface area (Å²) in [4.78, 5) is 46.6. The van der Waals surface area contributed by atoms with Gasteiger partial charge in [0.1, 0.15) is 11.9 Å². The number of hydrogen-bond donors (Lipinski definition) is 1. The number of pyridine rings is 1. The number of anilines is 2. The molecule has 1 aromatic heterocycles. The third-order valence-electron chi connectivity index (χ3n) is 6.42. The Morgan fingerprint density at radius 3 is 2.54 bits per heavy atom. The molecule has 5 rings (SSSR count). The minimum absolute atomic E-state index is 0.0761. The second-order valence-corrected chi connectivity index (χ2v) is 8.57. The van der Waals surface area contributed by atoms with Gasteiger partial charge in [0.25, 0.3) is 11.8 Å². The van der Waals surface area contributed by atoms with Crippen LogP contribution >= 0.6 is 0 Å². The number of carbonyl (C=O) groups is 3. The standard InChI is InChI=1S/C27H26N4O4/c1-35-24-21(13-9-16-28-24)29-23(32)15-3-2-8-17-30-25-18-10-4-5-11-19(18)27(34)31(25)22-14-7-6-12-20(22)26(30)33/h4-7,9-14,16,25H,2-3,8,15,17H2,1H3,(H,29,32)/t25-/m0/s1. The van der Waals surface area contributed by atoms with E-state index in [1.54, 1.807) is 34.2 Å². The van der Waals surface area contributed by atoms with E-state index >= 15 is 0 Å². The molecule has 1 N–H and O–H groups in total. The maximum Gasteiger partial charge on any atom is 0.260 e. The van der Waals surface area contributed by atoms with Crippen LogP contribution in [0.4, 0.5) is 11.4 Å². The molecule has 2 aromatic carbocycles. The van der Waals surface area contributed by atoms with Crippen LogP contribution in [-0.2, 0) is 4.79 Å². The van der Waals surface area contributed by atoms with Crippen LogP contribution in [0.2, 0.25) is 0 Å². The molecule has 2 aliphatic heterocycles. The quantitative estimate of drug-likeness (QED) is 0.493. The number of carbonyl (C=O) groups excluding carboxylic acids is 3. The molecule has 0 fully saturated rings. The number of para-hydroxylation sites is 1. The molecule has 0 unspecified atom stereocenters. The van der Waals surface area contributed by atoms with Crippen molar-refractivity contribution in [3.05, 3.63) is 83.6 Å². The minimum Gasteiger partial charge on any atom is -0.480 e. The molecule has 1 atom stereocenters. The maximum atomic E-state index is 13.4. The monoisotopic (exact) mass is 470 g/mol. The Kier molecular flexibility index (Phi) is 6.18. The van der Waals surface area contributed by atoms with Crippen molar-refractivity contribution in [2.75, 3.05) is 23.9 Å². The summed E-state index contributed by atoms with van der Waals surface area (Å²) in [6, 6.07) is 18.2. The van der Waals surface area contributed by atoms with Gasteiger partial charge < -0.3 is 15.0 Å². The van der Waals surface area contributed by atoms with Gasteiger partial charge in [0, 0.05) is 30.3 Å². The molecule has 0 bridgehead atoms. The van der Waals surface area contributed by atoms with E-state index in [1.807, 2.05) is 42.5 Å². The Morgan fingerprint density at radius 2 is 1.71 bits per heavy atom. The highest BCUT2D eigenvalue weighted by Gasteiger charge is 2.47. The molecule has 0 spiro atoms. The highest BCUT2D eigenvalue weighted by Crippen LogP contribution is 2.45. The van der Waals surface area contributed by atoms with Crippen molar-refractivity contribution in [1.82, 2.24) is 9.88 Å². The number of rotatable bonds is 8. The first-order valence-electron chi connectivity index (χ1n) is 11.7. The Morgan fingerprint density at radius 1 is 0.943 bits per heavy atom. The van der Waals surface area contributed by atoms with Gasteiger partial charge in [0.05, 0.1) is 18.4 Å². The van der Waals surface area contributed by atoms with Crippen LogP contribution in [0.25, 0.3) is 0 Å². The minimum atomic E-state index is -0.442. The van der Waals surface area contributed by atoms with Crippen LogP contribution in [0.15, 0.2) is 66.9 Å². The van der Waals surface area contributed by atoms with E-state index in [2.05, 4.69) is 10.3 Å². The average molecular weight is 471 g/mol. The lowest BCUT2D eigenvalue weighted by molar-refractivity contribution is -0.116. The van der Waals surface area contributed by atoms with Crippen molar-refractivity contribution in [3.63, 3.8) is 0 Å². The number of nitrogens with zero attached hydrogens (tertiary/aromatic N) is 3. The van der Waals surface area contributed by atoms with E-state index in [0.717, 1.165) is 18.4 Å². The summed E-state index contributed by atoms with van der Waals surface area (Å²) in [5.41, 5.74) is 3.22. The van der Waals surface area contributed by atoms with Crippen LogP contribution in [-0.4, -0.2) is 41.3 Å². The van der Waals surface area contributed by atoms with E-state index in [-0.39, 0.29) is 17.7 Å². The molecule has 3 aromatic rings. The number of benzene rings is 2. The molecule has 8 nitrogen and oxygen atoms in total. The van der Waals surface area contributed by atoms with E-state index in [4.69, 9.17) is 4.74 Å². The first-order valence-corrected chi connectivity index (χ1v) is 11.7. The molecule has 2 aliphatic rings. The predicted molar refractivity (Wildman–Crippen MR) is 131 cm³/mol. The summed E-state index contributed by atoms with van der Waals surface area (Å²) < 4.78 is 5.17. The maximum absolute atomic E-state index is 13.4. The molecule has 35 heavy (non-hydrogen) atoms. The van der Waals surface area contributed by atoms with E-state index in [9.17, 15) is 14.4 Å². The van der Waals surface area contributed by atoms with Crippen LogP contribution in [0.3, 0.4) is 0 Å². The van der Waals surface area contributed by atoms with Gasteiger partial charge in [-0.3, -0.25) is 19.3 Å². The van der Waals surface area contributed by atoms with Crippen LogP contribution in [0, 0.1) is 0 Å². The number of aromatic nitrogens is 1. The normalized spacial score (nSPS) is 16.0. The highest BCUT2D eigenvalue weighted by atomic mass is 16.5. The molecule has 0 saturated carbocycles. The van der Waals surface area contributed by atoms with Crippen LogP contribution in [0.5, 0.6) is 5.88 Å². The molecule has 3 amide bonds. The average Bonchev–Trinajstić information content (AvgIpc) is 3.18. The Bertz CT molecular complexity index is 1290. The van der Waals surface area contributed by atoms with E-state index < -0.39 is 6.17 Å². The lowest BCUT2D eigenvalue weighted by Gasteiger charge is -2.41. The number of unbranched alkanes of at least 4 members (excludes halogenated alkanes) is 2. The third-order valence-corrected chi connectivity index (χ3v) is 6.42. The SMILES string of the molecule is COc1ncccc1NC(=O)CCCCCN1C(=O)c2ccccc2N2C(=O)c3ccccc3[C@@H]12. The second kappa shape index (κ2) is 9.58. The molecule has 3 heterocycles. The molecule has 0 aliphatic carbocycles. The fourth-order valence-electron chi connectivity index (χ4n) is 4.81. The molecule has 8 heteroatoms. The zero-order valence-electron chi connectivity index (χ0n) is 19.4. The fourth-order valence-corrected chi connectivity index (χ4v) is 4.81. The number of amides is 3. The molecule has 178 valence electrons. The predicted octanol–water partition coefficient (Wildman–Crippen LogP) is 4.40. The molecule has 0 radical (unpaired) electrons. The first kappa shape index (κ1) is 22.6. The van der Waals surface area contributed by atoms with Gasteiger partial charge >= 0.3 is 0 Å². The van der Waals surface area contributed by atoms with Crippen molar-refractivity contribution < 1.29 is 19.1 Å². The van der Waals surface area contributed by atoms with Crippen molar-refractivity contribution in [3.8, 4) is 5.88 Å². The molecular formula is C27H26N4O4. The Labute approximate surface area is 203 Å². The Balaban J connectivity index is 1.23. The van der Waals surface area contributed by atoms with Gasteiger partial charge in [-0.2, -0.15) is 0 Å². The smallest absolute Gasteiger partial charge is 0.260 e. The topological polar surface area (TPSA) is 91.8 Å². The fraction of sp³-hybridized carbons (Fsp3) is 0.259. The van der Waals surface area contributed by atoms with E-state index in [0.29, 0.717) is 47.8 Å². The summed E-state index contributed by atoms with van der Waals surface area (Å²) >= 11 is 0. The summed E-state index contributed by atoms with van der Waals surface area (Å²) in [5.74, 6) is 0.104. The lowest BCUT2D eigenvalue weighted by Crippen LogP contribution is -2.48. The molecular weight excluding hydrogens is 444 g/mol. The summed E-state index contributed by atoms with van der Waals surface area (Å²) in [5, 5.41) is 2.83. The van der Waals surface area contributed by atoms with E-state index in [1.165, 1.54) is 7.11 Å². The van der Waals surface area contributed by atoms with Gasteiger partial charge in [0.2, 0.25) is 11.8 Å². The number of ether oxygens (including phenoxy) is 1. The van der Waals surface area contributed by atoms with Gasteiger partial charge in [-0.25, -0.2) is 4.98 Å². The van der Waals surface area contributed by atoms with Crippen LogP contribution < -0.4 is 15.0 Å². The first-order chi connectivity index (χ1) is 17.1. The van der Waals surface area contributed by atoms with Crippen molar-refractivity contribution in [2.24, 2.45) is 0 Å². The van der Waals surface area contributed by atoms with Gasteiger partial charge in [0.15, 0.2) is 0 Å². The summed E-state index contributed by atoms with van der Waals surface area (Å²) in [7, 11) is 1.51. The summed E-state index contributed by atoms with van der Waals surface area (Å²) in [6.07, 6.45) is 3.68. The zero-order chi connectivity index (χ0) is 24.4. The molecule has 0 saturated heterocycles. The van der Waals surface area contributed by atoms with Crippen molar-refractivity contribution in [1.29, 1.82) is 0 Å². The van der Waals surface area contributed by atoms with Gasteiger partial charge in [-0.15, -0.1) is 0 Å².